The molecule has 25 heavy (non-hydrogen) atoms. The van der Waals surface area contributed by atoms with Gasteiger partial charge in [0.2, 0.25) is 0 Å². The van der Waals surface area contributed by atoms with Crippen molar-refractivity contribution in [1.29, 1.82) is 0 Å². The molecular formula is C19H18ClN3O2. The summed E-state index contributed by atoms with van der Waals surface area (Å²) in [5.41, 5.74) is 2.30. The van der Waals surface area contributed by atoms with Crippen molar-refractivity contribution in [3.05, 3.63) is 83.1 Å². The van der Waals surface area contributed by atoms with E-state index in [1.807, 2.05) is 36.5 Å². The van der Waals surface area contributed by atoms with Gasteiger partial charge in [-0.1, -0.05) is 41.9 Å². The largest absolute Gasteiger partial charge is 0.378 e. The van der Waals surface area contributed by atoms with Gasteiger partial charge in [-0.2, -0.15) is 5.10 Å². The number of aromatic nitrogens is 2. The van der Waals surface area contributed by atoms with Gasteiger partial charge in [0.15, 0.2) is 6.10 Å². The topological polar surface area (TPSA) is 58.4 Å². The van der Waals surface area contributed by atoms with Gasteiger partial charge in [0.05, 0.1) is 11.9 Å². The van der Waals surface area contributed by atoms with Crippen molar-refractivity contribution in [2.24, 2.45) is 0 Å². The van der Waals surface area contributed by atoms with Crippen molar-refractivity contribution in [1.82, 2.24) is 14.7 Å². The quantitative estimate of drug-likeness (QED) is 0.764. The summed E-state index contributed by atoms with van der Waals surface area (Å²) in [6.45, 7) is 0.350. The zero-order valence-electron chi connectivity index (χ0n) is 13.7. The predicted octanol–water partition coefficient (Wildman–Crippen LogP) is 3.22. The highest BCUT2D eigenvalue weighted by atomic mass is 35.5. The van der Waals surface area contributed by atoms with Crippen LogP contribution in [0.2, 0.25) is 5.02 Å². The molecule has 128 valence electrons. The van der Waals surface area contributed by atoms with E-state index >= 15 is 0 Å². The maximum atomic E-state index is 12.4. The Bertz CT molecular complexity index is 864. The zero-order chi connectivity index (χ0) is 17.8. The van der Waals surface area contributed by atoms with Gasteiger partial charge in [-0.25, -0.2) is 4.68 Å². The van der Waals surface area contributed by atoms with Crippen LogP contribution in [0.4, 0.5) is 0 Å². The first-order valence-corrected chi connectivity index (χ1v) is 8.20. The van der Waals surface area contributed by atoms with Crippen molar-refractivity contribution < 1.29 is 9.90 Å². The Morgan fingerprint density at radius 3 is 2.72 bits per heavy atom. The molecule has 0 fully saturated rings. The molecule has 1 amide bonds. The fraction of sp³-hybridized carbons (Fsp3) is 0.158. The molecule has 0 aliphatic carbocycles. The Labute approximate surface area is 151 Å². The van der Waals surface area contributed by atoms with Crippen LogP contribution in [-0.4, -0.2) is 32.7 Å². The molecule has 1 aromatic heterocycles. The normalized spacial score (nSPS) is 12.0. The molecule has 3 rings (SSSR count). The Morgan fingerprint density at radius 2 is 2.00 bits per heavy atom. The van der Waals surface area contributed by atoms with E-state index in [9.17, 15) is 9.90 Å². The van der Waals surface area contributed by atoms with E-state index in [1.54, 1.807) is 42.2 Å². The molecule has 2 aromatic carbocycles. The summed E-state index contributed by atoms with van der Waals surface area (Å²) in [6, 6.07) is 16.4. The minimum atomic E-state index is -1.24. The van der Waals surface area contributed by atoms with E-state index in [1.165, 1.54) is 4.90 Å². The van der Waals surface area contributed by atoms with Crippen LogP contribution in [0.1, 0.15) is 17.2 Å². The second-order valence-corrected chi connectivity index (χ2v) is 6.22. The molecule has 0 saturated heterocycles. The molecule has 1 atom stereocenters. The van der Waals surface area contributed by atoms with Crippen molar-refractivity contribution in [3.8, 4) is 5.69 Å². The number of aliphatic hydroxyl groups excluding tert-OH is 1. The summed E-state index contributed by atoms with van der Waals surface area (Å²) >= 11 is 5.92. The average Bonchev–Trinajstić information content (AvgIpc) is 3.09. The highest BCUT2D eigenvalue weighted by Gasteiger charge is 2.22. The Morgan fingerprint density at radius 1 is 1.24 bits per heavy atom. The number of halogens is 1. The maximum absolute atomic E-state index is 12.4. The molecule has 0 bridgehead atoms. The molecule has 1 N–H and O–H groups in total. The van der Waals surface area contributed by atoms with Gasteiger partial charge >= 0.3 is 0 Å². The molecule has 0 spiro atoms. The van der Waals surface area contributed by atoms with E-state index < -0.39 is 12.0 Å². The molecule has 1 heterocycles. The van der Waals surface area contributed by atoms with E-state index in [2.05, 4.69) is 5.10 Å². The van der Waals surface area contributed by atoms with Gasteiger partial charge in [-0.05, 0) is 29.8 Å². The molecule has 0 aliphatic heterocycles. The van der Waals surface area contributed by atoms with E-state index in [0.29, 0.717) is 17.1 Å². The molecule has 5 nitrogen and oxygen atoms in total. The van der Waals surface area contributed by atoms with Crippen LogP contribution in [0, 0.1) is 0 Å². The maximum Gasteiger partial charge on any atom is 0.256 e. The third-order valence-electron chi connectivity index (χ3n) is 3.85. The summed E-state index contributed by atoms with van der Waals surface area (Å²) in [7, 11) is 1.65. The van der Waals surface area contributed by atoms with Gasteiger partial charge < -0.3 is 10.0 Å². The Hall–Kier alpha value is -2.63. The summed E-state index contributed by atoms with van der Waals surface area (Å²) in [6.07, 6.45) is 2.33. The van der Waals surface area contributed by atoms with E-state index in [0.717, 1.165) is 11.3 Å². The van der Waals surface area contributed by atoms with Gasteiger partial charge in [-0.15, -0.1) is 0 Å². The number of amides is 1. The lowest BCUT2D eigenvalue weighted by molar-refractivity contribution is -0.139. The highest BCUT2D eigenvalue weighted by molar-refractivity contribution is 6.30. The third-order valence-corrected chi connectivity index (χ3v) is 4.09. The molecule has 0 saturated carbocycles. The monoisotopic (exact) mass is 355 g/mol. The minimum Gasteiger partial charge on any atom is -0.378 e. The van der Waals surface area contributed by atoms with Gasteiger partial charge in [-0.3, -0.25) is 4.79 Å². The van der Waals surface area contributed by atoms with Crippen LogP contribution in [0.25, 0.3) is 5.69 Å². The van der Waals surface area contributed by atoms with Crippen LogP contribution in [0.15, 0.2) is 67.0 Å². The minimum absolute atomic E-state index is 0.350. The Balaban J connectivity index is 1.68. The molecule has 0 radical (unpaired) electrons. The van der Waals surface area contributed by atoms with E-state index in [4.69, 9.17) is 11.6 Å². The number of carbonyl (C=O) groups excluding carboxylic acids is 1. The number of para-hydroxylation sites is 1. The van der Waals surface area contributed by atoms with E-state index in [-0.39, 0.29) is 0 Å². The number of hydrogen-bond acceptors (Lipinski definition) is 3. The number of hydrogen-bond donors (Lipinski definition) is 1. The first kappa shape index (κ1) is 17.2. The van der Waals surface area contributed by atoms with Gasteiger partial charge in [0.25, 0.3) is 5.91 Å². The van der Waals surface area contributed by atoms with Gasteiger partial charge in [0, 0.05) is 30.4 Å². The number of rotatable bonds is 5. The number of likely N-dealkylation sites (N-methyl/N-ethyl adjacent to an activating group) is 1. The summed E-state index contributed by atoms with van der Waals surface area (Å²) in [5.74, 6) is -0.394. The predicted molar refractivity (Wildman–Crippen MR) is 96.4 cm³/mol. The number of benzene rings is 2. The van der Waals surface area contributed by atoms with Crippen molar-refractivity contribution >= 4 is 17.5 Å². The van der Waals surface area contributed by atoms with Crippen LogP contribution in [-0.2, 0) is 11.3 Å². The number of nitrogens with zero attached hydrogens (tertiary/aromatic N) is 3. The second-order valence-electron chi connectivity index (χ2n) is 5.78. The SMILES string of the molecule is CN(Cc1cnn(-c2ccccc2)c1)C(=O)[C@@H](O)c1cccc(Cl)c1. The van der Waals surface area contributed by atoms with Gasteiger partial charge in [0.1, 0.15) is 0 Å². The zero-order valence-corrected chi connectivity index (χ0v) is 14.5. The van der Waals surface area contributed by atoms with Crippen molar-refractivity contribution in [2.45, 2.75) is 12.6 Å². The molecule has 0 aliphatic rings. The standard InChI is InChI=1S/C19H18ClN3O2/c1-22(19(25)18(24)15-6-5-7-16(20)10-15)12-14-11-21-23(13-14)17-8-3-2-4-9-17/h2-11,13,18,24H,12H2,1H3/t18-/m0/s1. The lowest BCUT2D eigenvalue weighted by Crippen LogP contribution is -2.31. The highest BCUT2D eigenvalue weighted by Crippen LogP contribution is 2.20. The summed E-state index contributed by atoms with van der Waals surface area (Å²) in [5, 5.41) is 15.1. The summed E-state index contributed by atoms with van der Waals surface area (Å²) < 4.78 is 1.75. The fourth-order valence-electron chi connectivity index (χ4n) is 2.54. The van der Waals surface area contributed by atoms with Crippen LogP contribution in [0.5, 0.6) is 0 Å². The third kappa shape index (κ3) is 4.07. The average molecular weight is 356 g/mol. The molecule has 6 heteroatoms. The molecule has 0 unspecified atom stereocenters. The summed E-state index contributed by atoms with van der Waals surface area (Å²) in [4.78, 5) is 13.9. The lowest BCUT2D eigenvalue weighted by Gasteiger charge is -2.20. The van der Waals surface area contributed by atoms with Crippen molar-refractivity contribution in [3.63, 3.8) is 0 Å². The second kappa shape index (κ2) is 7.51. The number of aliphatic hydroxyl groups is 1. The first-order valence-electron chi connectivity index (χ1n) is 7.82. The van der Waals surface area contributed by atoms with Crippen LogP contribution >= 0.6 is 11.6 Å². The first-order chi connectivity index (χ1) is 12.0. The molecule has 3 aromatic rings. The fourth-order valence-corrected chi connectivity index (χ4v) is 2.74. The smallest absolute Gasteiger partial charge is 0.256 e. The Kier molecular flexibility index (Phi) is 5.16. The van der Waals surface area contributed by atoms with Crippen molar-refractivity contribution in [2.75, 3.05) is 7.05 Å². The van der Waals surface area contributed by atoms with Crippen LogP contribution < -0.4 is 0 Å². The molecular weight excluding hydrogens is 338 g/mol. The van der Waals surface area contributed by atoms with Crippen LogP contribution in [0.3, 0.4) is 0 Å². The number of carbonyl (C=O) groups is 1. The lowest BCUT2D eigenvalue weighted by atomic mass is 10.1.